The summed E-state index contributed by atoms with van der Waals surface area (Å²) in [6.45, 7) is 5.70. The molecule has 1 fully saturated rings. The number of furan rings is 1. The molecule has 0 saturated carbocycles. The molecule has 1 saturated heterocycles. The molecule has 3 rings (SSSR count). The first kappa shape index (κ1) is 15.1. The lowest BCUT2D eigenvalue weighted by molar-refractivity contribution is -0.149. The van der Waals surface area contributed by atoms with E-state index in [0.29, 0.717) is 26.1 Å². The van der Waals surface area contributed by atoms with E-state index in [0.717, 1.165) is 22.3 Å². The van der Waals surface area contributed by atoms with Crippen LogP contribution in [0.5, 0.6) is 0 Å². The van der Waals surface area contributed by atoms with Crippen LogP contribution in [-0.2, 0) is 11.3 Å². The number of rotatable bonds is 3. The fourth-order valence-electron chi connectivity index (χ4n) is 3.13. The number of fused-ring (bicyclic) bond motifs is 1. The number of likely N-dealkylation sites (tertiary alicyclic amines) is 1. The summed E-state index contributed by atoms with van der Waals surface area (Å²) < 4.78 is 5.93. The number of nitrogens with zero attached hydrogens (tertiary/aromatic N) is 1. The highest BCUT2D eigenvalue weighted by Crippen LogP contribution is 2.28. The Hall–Kier alpha value is -1.85. The largest absolute Gasteiger partial charge is 0.481 e. The Kier molecular flexibility index (Phi) is 3.93. The van der Waals surface area contributed by atoms with Crippen molar-refractivity contribution in [1.29, 1.82) is 0 Å². The number of piperidine rings is 1. The standard InChI is InChI=1S/C17H21NO4/c1-10-3-4-15-12(7-10)11(2)16(22-15)9-18-6-5-14(19)13(8-18)17(20)21/h3-4,7,13-14,19H,5-6,8-9H2,1-2H3,(H,20,21)/t13-,14+/m1/s1. The van der Waals surface area contributed by atoms with E-state index >= 15 is 0 Å². The molecule has 2 aromatic rings. The molecule has 5 heteroatoms. The number of aryl methyl sites for hydroxylation is 2. The summed E-state index contributed by atoms with van der Waals surface area (Å²) in [5, 5.41) is 20.1. The molecule has 0 spiro atoms. The van der Waals surface area contributed by atoms with Gasteiger partial charge in [0.15, 0.2) is 0 Å². The highest BCUT2D eigenvalue weighted by Gasteiger charge is 2.33. The average molecular weight is 303 g/mol. The Morgan fingerprint density at radius 3 is 2.91 bits per heavy atom. The molecular weight excluding hydrogens is 282 g/mol. The molecule has 5 nitrogen and oxygen atoms in total. The quantitative estimate of drug-likeness (QED) is 0.910. The molecule has 118 valence electrons. The smallest absolute Gasteiger partial charge is 0.310 e. The molecule has 1 aliphatic rings. The van der Waals surface area contributed by atoms with Crippen LogP contribution < -0.4 is 0 Å². The van der Waals surface area contributed by atoms with E-state index in [4.69, 9.17) is 4.42 Å². The number of benzene rings is 1. The van der Waals surface area contributed by atoms with Crippen molar-refractivity contribution < 1.29 is 19.4 Å². The lowest BCUT2D eigenvalue weighted by Gasteiger charge is -2.33. The summed E-state index contributed by atoms with van der Waals surface area (Å²) in [7, 11) is 0. The van der Waals surface area contributed by atoms with E-state index in [2.05, 4.69) is 13.0 Å². The molecule has 0 unspecified atom stereocenters. The molecule has 0 radical (unpaired) electrons. The molecule has 1 aromatic heterocycles. The van der Waals surface area contributed by atoms with Gasteiger partial charge >= 0.3 is 5.97 Å². The summed E-state index contributed by atoms with van der Waals surface area (Å²) in [5.74, 6) is -0.782. The third kappa shape index (κ3) is 2.74. The normalized spacial score (nSPS) is 23.0. The Morgan fingerprint density at radius 2 is 2.18 bits per heavy atom. The van der Waals surface area contributed by atoms with Crippen LogP contribution in [0.15, 0.2) is 22.6 Å². The zero-order valence-electron chi connectivity index (χ0n) is 12.9. The highest BCUT2D eigenvalue weighted by atomic mass is 16.4. The Morgan fingerprint density at radius 1 is 1.41 bits per heavy atom. The minimum absolute atomic E-state index is 0.353. The Bertz CT molecular complexity index is 706. The van der Waals surface area contributed by atoms with Gasteiger partial charge < -0.3 is 14.6 Å². The van der Waals surface area contributed by atoms with Crippen LogP contribution in [0, 0.1) is 19.8 Å². The zero-order valence-corrected chi connectivity index (χ0v) is 12.9. The maximum absolute atomic E-state index is 11.2. The van der Waals surface area contributed by atoms with Gasteiger partial charge in [0.1, 0.15) is 11.3 Å². The number of carbonyl (C=O) groups is 1. The zero-order chi connectivity index (χ0) is 15.9. The number of aliphatic hydroxyl groups is 1. The van der Waals surface area contributed by atoms with Crippen molar-refractivity contribution in [2.45, 2.75) is 32.9 Å². The van der Waals surface area contributed by atoms with Gasteiger partial charge in [-0.25, -0.2) is 0 Å². The molecule has 1 aliphatic heterocycles. The minimum Gasteiger partial charge on any atom is -0.481 e. The number of hydrogen-bond acceptors (Lipinski definition) is 4. The summed E-state index contributed by atoms with van der Waals surface area (Å²) in [6, 6.07) is 6.10. The number of aliphatic hydroxyl groups excluding tert-OH is 1. The van der Waals surface area contributed by atoms with E-state index in [-0.39, 0.29) is 0 Å². The van der Waals surface area contributed by atoms with Gasteiger partial charge in [-0.05, 0) is 38.0 Å². The van der Waals surface area contributed by atoms with Crippen LogP contribution in [0.3, 0.4) is 0 Å². The van der Waals surface area contributed by atoms with Crippen molar-refractivity contribution in [3.8, 4) is 0 Å². The van der Waals surface area contributed by atoms with E-state index < -0.39 is 18.0 Å². The summed E-state index contributed by atoms with van der Waals surface area (Å²) in [4.78, 5) is 13.2. The van der Waals surface area contributed by atoms with Crippen molar-refractivity contribution in [3.63, 3.8) is 0 Å². The van der Waals surface area contributed by atoms with Crippen molar-refractivity contribution in [1.82, 2.24) is 4.90 Å². The molecule has 2 N–H and O–H groups in total. The van der Waals surface area contributed by atoms with E-state index in [1.165, 1.54) is 5.56 Å². The van der Waals surface area contributed by atoms with Crippen LogP contribution in [0.4, 0.5) is 0 Å². The first-order chi connectivity index (χ1) is 10.5. The van der Waals surface area contributed by atoms with Gasteiger partial charge in [-0.2, -0.15) is 0 Å². The maximum atomic E-state index is 11.2. The lowest BCUT2D eigenvalue weighted by Crippen LogP contribution is -2.46. The third-order valence-corrected chi connectivity index (χ3v) is 4.54. The second-order valence-electron chi connectivity index (χ2n) is 6.19. The van der Waals surface area contributed by atoms with Gasteiger partial charge in [0.05, 0.1) is 18.6 Å². The summed E-state index contributed by atoms with van der Waals surface area (Å²) in [5.41, 5.74) is 3.16. The second kappa shape index (κ2) is 5.74. The fraction of sp³-hybridized carbons (Fsp3) is 0.471. The Balaban J connectivity index is 1.81. The van der Waals surface area contributed by atoms with Crippen molar-refractivity contribution in [2.24, 2.45) is 5.92 Å². The fourth-order valence-corrected chi connectivity index (χ4v) is 3.13. The number of carboxylic acid groups (broad SMARTS) is 1. The van der Waals surface area contributed by atoms with Crippen LogP contribution >= 0.6 is 0 Å². The highest BCUT2D eigenvalue weighted by molar-refractivity contribution is 5.82. The topological polar surface area (TPSA) is 73.9 Å². The molecule has 0 amide bonds. The minimum atomic E-state index is -0.936. The van der Waals surface area contributed by atoms with E-state index in [1.54, 1.807) is 0 Å². The maximum Gasteiger partial charge on any atom is 0.310 e. The third-order valence-electron chi connectivity index (χ3n) is 4.54. The lowest BCUT2D eigenvalue weighted by atomic mass is 9.94. The van der Waals surface area contributed by atoms with Gasteiger partial charge in [0.2, 0.25) is 0 Å². The van der Waals surface area contributed by atoms with Gasteiger partial charge in [0.25, 0.3) is 0 Å². The average Bonchev–Trinajstić information content (AvgIpc) is 2.77. The molecule has 1 aromatic carbocycles. The number of carboxylic acids is 1. The SMILES string of the molecule is Cc1ccc2oc(CN3CC[C@H](O)[C@H](C(=O)O)C3)c(C)c2c1. The van der Waals surface area contributed by atoms with E-state index in [9.17, 15) is 15.0 Å². The summed E-state index contributed by atoms with van der Waals surface area (Å²) >= 11 is 0. The number of aliphatic carboxylic acids is 1. The predicted octanol–water partition coefficient (Wildman–Crippen LogP) is 2.32. The first-order valence-corrected chi connectivity index (χ1v) is 7.57. The van der Waals surface area contributed by atoms with Crippen molar-refractivity contribution in [3.05, 3.63) is 35.1 Å². The molecule has 22 heavy (non-hydrogen) atoms. The van der Waals surface area contributed by atoms with Crippen molar-refractivity contribution in [2.75, 3.05) is 13.1 Å². The number of hydrogen-bond donors (Lipinski definition) is 2. The van der Waals surface area contributed by atoms with Gasteiger partial charge in [-0.1, -0.05) is 11.6 Å². The van der Waals surface area contributed by atoms with Crippen LogP contribution in [0.1, 0.15) is 23.3 Å². The molecule has 0 bridgehead atoms. The van der Waals surface area contributed by atoms with Gasteiger partial charge in [0, 0.05) is 18.5 Å². The summed E-state index contributed by atoms with van der Waals surface area (Å²) in [6.07, 6.45) is -0.275. The van der Waals surface area contributed by atoms with Crippen LogP contribution in [-0.4, -0.2) is 40.3 Å². The van der Waals surface area contributed by atoms with Crippen molar-refractivity contribution >= 4 is 16.9 Å². The van der Waals surface area contributed by atoms with Crippen LogP contribution in [0.2, 0.25) is 0 Å². The molecule has 0 aliphatic carbocycles. The first-order valence-electron chi connectivity index (χ1n) is 7.57. The second-order valence-corrected chi connectivity index (χ2v) is 6.19. The predicted molar refractivity (Wildman–Crippen MR) is 82.7 cm³/mol. The van der Waals surface area contributed by atoms with E-state index in [1.807, 2.05) is 24.0 Å². The monoisotopic (exact) mass is 303 g/mol. The molecular formula is C17H21NO4. The van der Waals surface area contributed by atoms with Gasteiger partial charge in [-0.3, -0.25) is 9.69 Å². The van der Waals surface area contributed by atoms with Gasteiger partial charge in [-0.15, -0.1) is 0 Å². The molecule has 2 atom stereocenters. The van der Waals surface area contributed by atoms with Crippen LogP contribution in [0.25, 0.3) is 11.0 Å². The molecule has 2 heterocycles. The Labute approximate surface area is 129 Å².